The van der Waals surface area contributed by atoms with Gasteiger partial charge in [-0.25, -0.2) is 9.36 Å². The second-order valence-electron chi connectivity index (χ2n) is 9.83. The summed E-state index contributed by atoms with van der Waals surface area (Å²) < 4.78 is 20.9. The number of ether oxygens (including phenoxy) is 3. The SMILES string of the molecule is COc1ccc(CN(c2cc(C)n(C3CCCCO3)n2)c2nc(Cl)nc3c2cnn3C2CCOCC2)cc1. The Morgan fingerprint density at radius 2 is 1.87 bits per heavy atom. The lowest BCUT2D eigenvalue weighted by Crippen LogP contribution is -2.22. The van der Waals surface area contributed by atoms with Gasteiger partial charge in [0.1, 0.15) is 5.75 Å². The van der Waals surface area contributed by atoms with Gasteiger partial charge in [-0.3, -0.25) is 0 Å². The molecule has 0 aliphatic carbocycles. The fourth-order valence-corrected chi connectivity index (χ4v) is 5.44. The largest absolute Gasteiger partial charge is 0.497 e. The van der Waals surface area contributed by atoms with E-state index >= 15 is 0 Å². The average Bonchev–Trinajstić information content (AvgIpc) is 3.56. The molecular formula is C27H32ClN7O3. The van der Waals surface area contributed by atoms with Crippen molar-refractivity contribution in [3.8, 4) is 5.75 Å². The molecule has 5 heterocycles. The molecule has 2 aliphatic heterocycles. The van der Waals surface area contributed by atoms with Crippen molar-refractivity contribution in [2.45, 2.75) is 57.8 Å². The number of halogens is 1. The Hall–Kier alpha value is -3.21. The van der Waals surface area contributed by atoms with Gasteiger partial charge in [0.2, 0.25) is 5.28 Å². The quantitative estimate of drug-likeness (QED) is 0.290. The third kappa shape index (κ3) is 4.95. The number of hydrogen-bond acceptors (Lipinski definition) is 8. The zero-order chi connectivity index (χ0) is 26.1. The summed E-state index contributed by atoms with van der Waals surface area (Å²) in [6.45, 7) is 4.76. The van der Waals surface area contributed by atoms with E-state index in [0.717, 1.165) is 72.6 Å². The zero-order valence-corrected chi connectivity index (χ0v) is 22.5. The number of fused-ring (bicyclic) bond motifs is 1. The van der Waals surface area contributed by atoms with E-state index in [1.807, 2.05) is 39.8 Å². The highest BCUT2D eigenvalue weighted by atomic mass is 35.5. The lowest BCUT2D eigenvalue weighted by atomic mass is 10.1. The van der Waals surface area contributed by atoms with Gasteiger partial charge in [-0.05, 0) is 68.3 Å². The maximum absolute atomic E-state index is 6.55. The van der Waals surface area contributed by atoms with Crippen molar-refractivity contribution >= 4 is 34.3 Å². The number of rotatable bonds is 7. The summed E-state index contributed by atoms with van der Waals surface area (Å²) in [6, 6.07) is 10.3. The standard InChI is InChI=1S/C27H32ClN7O3/c1-18-15-23(32-34(18)24-5-3-4-12-38-24)33(17-19-6-8-21(36-2)9-7-19)25-22-16-29-35(20-10-13-37-14-11-20)26(22)31-27(28)30-25/h6-9,15-16,20,24H,3-5,10-14,17H2,1-2H3. The Morgan fingerprint density at radius 1 is 1.05 bits per heavy atom. The van der Waals surface area contributed by atoms with E-state index in [9.17, 15) is 0 Å². The van der Waals surface area contributed by atoms with Gasteiger partial charge in [0.25, 0.3) is 0 Å². The van der Waals surface area contributed by atoms with Gasteiger partial charge < -0.3 is 19.1 Å². The molecule has 10 nitrogen and oxygen atoms in total. The Labute approximate surface area is 226 Å². The summed E-state index contributed by atoms with van der Waals surface area (Å²) >= 11 is 6.55. The molecule has 0 amide bonds. The van der Waals surface area contributed by atoms with Crippen LogP contribution in [0, 0.1) is 6.92 Å². The Morgan fingerprint density at radius 3 is 2.61 bits per heavy atom. The van der Waals surface area contributed by atoms with Gasteiger partial charge in [0, 0.05) is 31.6 Å². The highest BCUT2D eigenvalue weighted by Gasteiger charge is 2.27. The molecule has 1 atom stereocenters. The van der Waals surface area contributed by atoms with Crippen molar-refractivity contribution in [1.29, 1.82) is 0 Å². The number of methoxy groups -OCH3 is 1. The molecule has 6 rings (SSSR count). The van der Waals surface area contributed by atoms with Crippen molar-refractivity contribution in [3.63, 3.8) is 0 Å². The van der Waals surface area contributed by atoms with Gasteiger partial charge in [0.15, 0.2) is 23.5 Å². The molecule has 2 aliphatic rings. The number of aromatic nitrogens is 6. The second-order valence-corrected chi connectivity index (χ2v) is 10.2. The minimum Gasteiger partial charge on any atom is -0.497 e. The fraction of sp³-hybridized carbons (Fsp3) is 0.481. The zero-order valence-electron chi connectivity index (χ0n) is 21.7. The van der Waals surface area contributed by atoms with Crippen LogP contribution < -0.4 is 9.64 Å². The van der Waals surface area contributed by atoms with Crippen LogP contribution in [0.1, 0.15) is 55.6 Å². The third-order valence-electron chi connectivity index (χ3n) is 7.31. The molecule has 3 aromatic heterocycles. The molecule has 0 spiro atoms. The van der Waals surface area contributed by atoms with Crippen molar-refractivity contribution in [3.05, 3.63) is 53.1 Å². The number of aryl methyl sites for hydroxylation is 1. The molecule has 2 saturated heterocycles. The molecule has 200 valence electrons. The molecule has 0 N–H and O–H groups in total. The van der Waals surface area contributed by atoms with Crippen molar-refractivity contribution < 1.29 is 14.2 Å². The van der Waals surface area contributed by atoms with Crippen molar-refractivity contribution in [2.24, 2.45) is 0 Å². The van der Waals surface area contributed by atoms with Crippen LogP contribution in [0.4, 0.5) is 11.6 Å². The number of hydrogen-bond donors (Lipinski definition) is 0. The summed E-state index contributed by atoms with van der Waals surface area (Å²) in [4.78, 5) is 11.4. The van der Waals surface area contributed by atoms with Crippen LogP contribution in [-0.2, 0) is 16.0 Å². The van der Waals surface area contributed by atoms with Gasteiger partial charge in [0.05, 0.1) is 31.3 Å². The predicted molar refractivity (Wildman–Crippen MR) is 144 cm³/mol. The van der Waals surface area contributed by atoms with E-state index in [1.165, 1.54) is 0 Å². The minimum atomic E-state index is -0.0642. The maximum Gasteiger partial charge on any atom is 0.226 e. The van der Waals surface area contributed by atoms with Crippen LogP contribution in [0.15, 0.2) is 36.5 Å². The summed E-state index contributed by atoms with van der Waals surface area (Å²) in [5, 5.41) is 10.8. The molecule has 38 heavy (non-hydrogen) atoms. The lowest BCUT2D eigenvalue weighted by Gasteiger charge is -2.25. The molecule has 4 aromatic rings. The number of anilines is 2. The van der Waals surface area contributed by atoms with Crippen LogP contribution >= 0.6 is 11.6 Å². The molecule has 1 aromatic carbocycles. The highest BCUT2D eigenvalue weighted by Crippen LogP contribution is 2.35. The fourth-order valence-electron chi connectivity index (χ4n) is 5.28. The Balaban J connectivity index is 1.44. The summed E-state index contributed by atoms with van der Waals surface area (Å²) in [7, 11) is 1.67. The lowest BCUT2D eigenvalue weighted by molar-refractivity contribution is -0.0405. The summed E-state index contributed by atoms with van der Waals surface area (Å²) in [5.41, 5.74) is 2.82. The minimum absolute atomic E-state index is 0.0642. The van der Waals surface area contributed by atoms with E-state index in [0.29, 0.717) is 25.6 Å². The molecule has 0 radical (unpaired) electrons. The first-order chi connectivity index (χ1) is 18.6. The van der Waals surface area contributed by atoms with Crippen molar-refractivity contribution in [2.75, 3.05) is 31.8 Å². The van der Waals surface area contributed by atoms with Gasteiger partial charge >= 0.3 is 0 Å². The van der Waals surface area contributed by atoms with Crippen LogP contribution in [0.2, 0.25) is 5.28 Å². The van der Waals surface area contributed by atoms with Gasteiger partial charge in [-0.1, -0.05) is 12.1 Å². The molecule has 1 unspecified atom stereocenters. The first kappa shape index (κ1) is 25.1. The monoisotopic (exact) mass is 537 g/mol. The van der Waals surface area contributed by atoms with E-state index < -0.39 is 0 Å². The number of benzene rings is 1. The Bertz CT molecular complexity index is 1390. The molecule has 0 bridgehead atoms. The first-order valence-electron chi connectivity index (χ1n) is 13.2. The smallest absolute Gasteiger partial charge is 0.226 e. The van der Waals surface area contributed by atoms with Gasteiger partial charge in [-0.2, -0.15) is 20.2 Å². The van der Waals surface area contributed by atoms with Crippen LogP contribution in [0.5, 0.6) is 5.75 Å². The molecule has 11 heteroatoms. The summed E-state index contributed by atoms with van der Waals surface area (Å²) in [6.07, 6.45) is 6.70. The summed E-state index contributed by atoms with van der Waals surface area (Å²) in [5.74, 6) is 2.24. The van der Waals surface area contributed by atoms with Gasteiger partial charge in [-0.15, -0.1) is 0 Å². The average molecular weight is 538 g/mol. The molecule has 0 saturated carbocycles. The molecule has 2 fully saturated rings. The Kier molecular flexibility index (Phi) is 7.18. The predicted octanol–water partition coefficient (Wildman–Crippen LogP) is 5.38. The van der Waals surface area contributed by atoms with Crippen molar-refractivity contribution in [1.82, 2.24) is 29.5 Å². The third-order valence-corrected chi connectivity index (χ3v) is 7.48. The second kappa shape index (κ2) is 10.9. The number of nitrogens with zero attached hydrogens (tertiary/aromatic N) is 7. The van der Waals surface area contributed by atoms with E-state index in [2.05, 4.69) is 22.9 Å². The van der Waals surface area contributed by atoms with Crippen LogP contribution in [0.3, 0.4) is 0 Å². The van der Waals surface area contributed by atoms with E-state index in [1.54, 1.807) is 7.11 Å². The topological polar surface area (TPSA) is 92.4 Å². The van der Waals surface area contributed by atoms with E-state index in [4.69, 9.17) is 41.0 Å². The van der Waals surface area contributed by atoms with E-state index in [-0.39, 0.29) is 17.6 Å². The first-order valence-corrected chi connectivity index (χ1v) is 13.6. The highest BCUT2D eigenvalue weighted by molar-refractivity contribution is 6.28. The maximum atomic E-state index is 6.55. The molecular weight excluding hydrogens is 506 g/mol. The normalized spacial score (nSPS) is 18.7. The van der Waals surface area contributed by atoms with Crippen LogP contribution in [-0.4, -0.2) is 56.5 Å². The van der Waals surface area contributed by atoms with Crippen LogP contribution in [0.25, 0.3) is 11.0 Å².